The molecule has 1 aromatic carbocycles. The van der Waals surface area contributed by atoms with Crippen molar-refractivity contribution in [2.75, 3.05) is 24.7 Å². The van der Waals surface area contributed by atoms with Crippen molar-refractivity contribution in [3.05, 3.63) is 54.6 Å². The third-order valence-electron chi connectivity index (χ3n) is 8.32. The summed E-state index contributed by atoms with van der Waals surface area (Å²) in [6, 6.07) is 5.24. The SMILES string of the molecule is C=CCCCCOC(=O)[C@@H]1[C@H]2C(=O)N([C@@H](CO)C(C)C)C(C(=O)N(CC=C)c3ccc(Cl)cc3)C23CC[C@H]1O3. The summed E-state index contributed by atoms with van der Waals surface area (Å²) in [5.74, 6) is -2.93. The van der Waals surface area contributed by atoms with Crippen molar-refractivity contribution in [2.24, 2.45) is 17.8 Å². The second kappa shape index (κ2) is 12.2. The van der Waals surface area contributed by atoms with Crippen LogP contribution in [-0.2, 0) is 23.9 Å². The molecule has 0 aliphatic carbocycles. The molecule has 3 heterocycles. The fourth-order valence-corrected chi connectivity index (χ4v) is 6.62. The molecule has 9 heteroatoms. The number of carbonyl (C=O) groups excluding carboxylic acids is 3. The molecule has 212 valence electrons. The molecule has 2 amide bonds. The zero-order valence-electron chi connectivity index (χ0n) is 22.8. The van der Waals surface area contributed by atoms with E-state index in [0.717, 1.165) is 12.8 Å². The summed E-state index contributed by atoms with van der Waals surface area (Å²) in [5, 5.41) is 10.9. The second-order valence-electron chi connectivity index (χ2n) is 11.0. The number of likely N-dealkylation sites (tertiary alicyclic amines) is 1. The van der Waals surface area contributed by atoms with E-state index in [4.69, 9.17) is 21.1 Å². The van der Waals surface area contributed by atoms with Gasteiger partial charge in [-0.15, -0.1) is 13.2 Å². The molecule has 0 aromatic heterocycles. The van der Waals surface area contributed by atoms with Gasteiger partial charge in [0.2, 0.25) is 5.91 Å². The van der Waals surface area contributed by atoms with Gasteiger partial charge in [-0.3, -0.25) is 14.4 Å². The quantitative estimate of drug-likeness (QED) is 0.222. The van der Waals surface area contributed by atoms with Crippen molar-refractivity contribution < 1.29 is 29.0 Å². The predicted molar refractivity (Wildman–Crippen MR) is 149 cm³/mol. The first-order chi connectivity index (χ1) is 18.7. The number of nitrogens with zero attached hydrogens (tertiary/aromatic N) is 2. The third-order valence-corrected chi connectivity index (χ3v) is 8.57. The number of halogens is 1. The lowest BCUT2D eigenvalue weighted by Gasteiger charge is -2.40. The van der Waals surface area contributed by atoms with E-state index in [1.54, 1.807) is 35.2 Å². The summed E-state index contributed by atoms with van der Waals surface area (Å²) >= 11 is 6.10. The number of hydrogen-bond donors (Lipinski definition) is 1. The summed E-state index contributed by atoms with van der Waals surface area (Å²) in [4.78, 5) is 45.0. The molecule has 3 aliphatic heterocycles. The summed E-state index contributed by atoms with van der Waals surface area (Å²) in [6.45, 7) is 11.5. The van der Waals surface area contributed by atoms with E-state index >= 15 is 0 Å². The van der Waals surface area contributed by atoms with Gasteiger partial charge in [0.1, 0.15) is 11.6 Å². The summed E-state index contributed by atoms with van der Waals surface area (Å²) in [6.07, 6.45) is 6.35. The number of rotatable bonds is 13. The van der Waals surface area contributed by atoms with Gasteiger partial charge in [0, 0.05) is 17.3 Å². The van der Waals surface area contributed by atoms with Gasteiger partial charge in [0.05, 0.1) is 37.2 Å². The molecular formula is C30H39ClN2O6. The van der Waals surface area contributed by atoms with Gasteiger partial charge in [-0.2, -0.15) is 0 Å². The number of hydrogen-bond acceptors (Lipinski definition) is 6. The topological polar surface area (TPSA) is 96.4 Å². The molecule has 2 bridgehead atoms. The fourth-order valence-electron chi connectivity index (χ4n) is 6.50. The Hall–Kier alpha value is -2.68. The standard InChI is InChI=1S/C30H39ClN2O6/c1-5-7-8-9-17-38-29(37)24-23-14-15-30(39-23)25(24)27(35)33(22(18-34)19(3)4)26(30)28(36)32(16-6-2)21-12-10-20(31)11-13-21/h5-6,10-13,19,22-26,34H,1-2,7-9,14-18H2,3-4H3/t22-,23+,24-,25-,26?,30?/m0/s1. The van der Waals surface area contributed by atoms with Crippen LogP contribution in [0.5, 0.6) is 0 Å². The van der Waals surface area contributed by atoms with E-state index in [-0.39, 0.29) is 37.5 Å². The lowest BCUT2D eigenvalue weighted by Crippen LogP contribution is -2.59. The molecule has 1 aromatic rings. The molecule has 1 N–H and O–H groups in total. The van der Waals surface area contributed by atoms with E-state index < -0.39 is 41.6 Å². The number of aliphatic hydroxyl groups excluding tert-OH is 1. The monoisotopic (exact) mass is 558 g/mol. The van der Waals surface area contributed by atoms with Crippen molar-refractivity contribution in [2.45, 2.75) is 69.7 Å². The Morgan fingerprint density at radius 2 is 1.97 bits per heavy atom. The molecule has 0 radical (unpaired) electrons. The molecule has 2 unspecified atom stereocenters. The van der Waals surface area contributed by atoms with Crippen molar-refractivity contribution in [1.82, 2.24) is 4.90 Å². The summed E-state index contributed by atoms with van der Waals surface area (Å²) in [7, 11) is 0. The van der Waals surface area contributed by atoms with Gasteiger partial charge in [-0.25, -0.2) is 0 Å². The Morgan fingerprint density at radius 1 is 1.26 bits per heavy atom. The van der Waals surface area contributed by atoms with Crippen LogP contribution >= 0.6 is 11.6 Å². The number of unbranched alkanes of at least 4 members (excludes halogenated alkanes) is 2. The Bertz CT molecular complexity index is 1090. The number of allylic oxidation sites excluding steroid dienone is 1. The van der Waals surface area contributed by atoms with Crippen LogP contribution in [0.4, 0.5) is 5.69 Å². The van der Waals surface area contributed by atoms with E-state index in [1.807, 2.05) is 19.9 Å². The number of fused-ring (bicyclic) bond motifs is 1. The first kappa shape index (κ1) is 29.3. The lowest BCUT2D eigenvalue weighted by molar-refractivity contribution is -0.156. The molecule has 8 nitrogen and oxygen atoms in total. The first-order valence-electron chi connectivity index (χ1n) is 13.8. The largest absolute Gasteiger partial charge is 0.465 e. The number of ether oxygens (including phenoxy) is 2. The number of amides is 2. The van der Waals surface area contributed by atoms with Gasteiger partial charge in [0.15, 0.2) is 0 Å². The third kappa shape index (κ3) is 5.26. The number of benzene rings is 1. The van der Waals surface area contributed by atoms with E-state index in [0.29, 0.717) is 30.0 Å². The number of carbonyl (C=O) groups is 3. The molecule has 4 rings (SSSR count). The zero-order valence-corrected chi connectivity index (χ0v) is 23.5. The lowest BCUT2D eigenvalue weighted by atomic mass is 9.70. The first-order valence-corrected chi connectivity index (χ1v) is 14.2. The molecule has 0 saturated carbocycles. The Balaban J connectivity index is 1.71. The van der Waals surface area contributed by atoms with Crippen molar-refractivity contribution in [3.8, 4) is 0 Å². The summed E-state index contributed by atoms with van der Waals surface area (Å²) in [5.41, 5.74) is -0.579. The molecule has 3 aliphatic rings. The second-order valence-corrected chi connectivity index (χ2v) is 11.4. The normalized spacial score (nSPS) is 27.9. The van der Waals surface area contributed by atoms with Crippen molar-refractivity contribution in [1.29, 1.82) is 0 Å². The Kier molecular flexibility index (Phi) is 9.19. The minimum Gasteiger partial charge on any atom is -0.465 e. The smallest absolute Gasteiger partial charge is 0.312 e. The minimum absolute atomic E-state index is 0.139. The number of aliphatic hydroxyl groups is 1. The fraction of sp³-hybridized carbons (Fsp3) is 0.567. The maximum absolute atomic E-state index is 14.5. The molecule has 39 heavy (non-hydrogen) atoms. The van der Waals surface area contributed by atoms with Gasteiger partial charge in [-0.1, -0.05) is 37.6 Å². The Morgan fingerprint density at radius 3 is 2.59 bits per heavy atom. The van der Waals surface area contributed by atoms with Crippen LogP contribution < -0.4 is 4.90 Å². The van der Waals surface area contributed by atoms with Crippen LogP contribution in [0.15, 0.2) is 49.6 Å². The number of anilines is 1. The van der Waals surface area contributed by atoms with Gasteiger partial charge < -0.3 is 24.4 Å². The van der Waals surface area contributed by atoms with Crippen LogP contribution in [0.2, 0.25) is 5.02 Å². The summed E-state index contributed by atoms with van der Waals surface area (Å²) < 4.78 is 12.1. The molecule has 3 saturated heterocycles. The van der Waals surface area contributed by atoms with Crippen LogP contribution in [0.3, 0.4) is 0 Å². The highest BCUT2D eigenvalue weighted by atomic mass is 35.5. The molecule has 3 fully saturated rings. The minimum atomic E-state index is -1.18. The average Bonchev–Trinajstić information content (AvgIpc) is 3.55. The number of esters is 1. The van der Waals surface area contributed by atoms with Crippen LogP contribution in [0.1, 0.15) is 46.0 Å². The maximum Gasteiger partial charge on any atom is 0.312 e. The highest BCUT2D eigenvalue weighted by molar-refractivity contribution is 6.30. The van der Waals surface area contributed by atoms with Crippen LogP contribution in [-0.4, -0.2) is 71.3 Å². The maximum atomic E-state index is 14.5. The van der Waals surface area contributed by atoms with E-state index in [1.165, 1.54) is 4.90 Å². The molecule has 1 spiro atoms. The van der Waals surface area contributed by atoms with Gasteiger partial charge in [0.25, 0.3) is 5.91 Å². The van der Waals surface area contributed by atoms with Crippen molar-refractivity contribution in [3.63, 3.8) is 0 Å². The average molecular weight is 559 g/mol. The molecular weight excluding hydrogens is 520 g/mol. The van der Waals surface area contributed by atoms with Crippen LogP contribution in [0, 0.1) is 17.8 Å². The Labute approximate surface area is 235 Å². The zero-order chi connectivity index (χ0) is 28.3. The predicted octanol–water partition coefficient (Wildman–Crippen LogP) is 4.15. The van der Waals surface area contributed by atoms with Gasteiger partial charge in [-0.05, 0) is 62.3 Å². The highest BCUT2D eigenvalue weighted by Crippen LogP contribution is 2.59. The molecule has 6 atom stereocenters. The van der Waals surface area contributed by atoms with E-state index in [2.05, 4.69) is 13.2 Å². The van der Waals surface area contributed by atoms with Gasteiger partial charge >= 0.3 is 5.97 Å². The highest BCUT2D eigenvalue weighted by Gasteiger charge is 2.75. The van der Waals surface area contributed by atoms with E-state index in [9.17, 15) is 19.5 Å². The van der Waals surface area contributed by atoms with Crippen LogP contribution in [0.25, 0.3) is 0 Å². The van der Waals surface area contributed by atoms with Crippen molar-refractivity contribution >= 4 is 35.1 Å².